The largest absolute Gasteiger partial charge is 0.497 e. The zero-order valence-corrected chi connectivity index (χ0v) is 18.5. The monoisotopic (exact) mass is 460 g/mol. The first kappa shape index (κ1) is 21.1. The van der Waals surface area contributed by atoms with Crippen LogP contribution in [-0.4, -0.2) is 63.2 Å². The molecule has 0 radical (unpaired) electrons. The molecule has 0 aliphatic carbocycles. The van der Waals surface area contributed by atoms with Crippen molar-refractivity contribution in [2.75, 3.05) is 43.2 Å². The minimum absolute atomic E-state index is 0.101. The van der Waals surface area contributed by atoms with Gasteiger partial charge in [0.1, 0.15) is 12.3 Å². The normalized spacial score (nSPS) is 14.3. The highest BCUT2D eigenvalue weighted by Crippen LogP contribution is 2.28. The van der Waals surface area contributed by atoms with E-state index in [0.29, 0.717) is 34.2 Å². The fourth-order valence-corrected chi connectivity index (χ4v) is 4.90. The third-order valence-electron chi connectivity index (χ3n) is 4.85. The van der Waals surface area contributed by atoms with Crippen molar-refractivity contribution in [3.05, 3.63) is 42.5 Å². The number of urea groups is 1. The van der Waals surface area contributed by atoms with Crippen LogP contribution in [-0.2, 0) is 14.6 Å². The van der Waals surface area contributed by atoms with Crippen molar-refractivity contribution in [1.29, 1.82) is 0 Å². The van der Waals surface area contributed by atoms with Crippen LogP contribution in [0.5, 0.6) is 5.75 Å². The van der Waals surface area contributed by atoms with Gasteiger partial charge in [-0.15, -0.1) is 0 Å². The molecule has 1 fully saturated rings. The lowest BCUT2D eigenvalue weighted by atomic mass is 10.3. The number of benzene rings is 2. The second kappa shape index (κ2) is 8.16. The standard InChI is InChI=1S/C20H20N4O5S2/c1-29-14-5-3-13(4-6-14)24-10-9-23(20(24)26)12-18(25)22-19-21-16-8-7-15(31(2,27)28)11-17(16)30-19/h3-8,11H,9-10,12H2,1-2H3,(H,21,22,25). The molecular formula is C20H20N4O5S2. The van der Waals surface area contributed by atoms with Crippen LogP contribution in [0.15, 0.2) is 47.4 Å². The van der Waals surface area contributed by atoms with E-state index in [0.717, 1.165) is 11.9 Å². The molecule has 1 aliphatic rings. The van der Waals surface area contributed by atoms with Gasteiger partial charge in [-0.1, -0.05) is 11.3 Å². The summed E-state index contributed by atoms with van der Waals surface area (Å²) in [6, 6.07) is 11.5. The van der Waals surface area contributed by atoms with E-state index in [-0.39, 0.29) is 23.4 Å². The highest BCUT2D eigenvalue weighted by molar-refractivity contribution is 7.90. The molecule has 1 aliphatic heterocycles. The SMILES string of the molecule is COc1ccc(N2CCN(CC(=O)Nc3nc4ccc(S(C)(=O)=O)cc4s3)C2=O)cc1. The number of rotatable bonds is 6. The molecule has 9 nitrogen and oxygen atoms in total. The van der Waals surface area contributed by atoms with Gasteiger partial charge in [-0.25, -0.2) is 18.2 Å². The predicted octanol–water partition coefficient (Wildman–Crippen LogP) is 2.59. The molecule has 0 saturated carbocycles. The lowest BCUT2D eigenvalue weighted by Gasteiger charge is -2.18. The summed E-state index contributed by atoms with van der Waals surface area (Å²) in [4.78, 5) is 32.8. The quantitative estimate of drug-likeness (QED) is 0.606. The molecular weight excluding hydrogens is 440 g/mol. The molecule has 1 aromatic heterocycles. The fraction of sp³-hybridized carbons (Fsp3) is 0.250. The summed E-state index contributed by atoms with van der Waals surface area (Å²) < 4.78 is 29.2. The average Bonchev–Trinajstić information content (AvgIpc) is 3.29. The van der Waals surface area contributed by atoms with E-state index >= 15 is 0 Å². The lowest BCUT2D eigenvalue weighted by Crippen LogP contribution is -2.37. The number of ether oxygens (including phenoxy) is 1. The molecule has 162 valence electrons. The number of aromatic nitrogens is 1. The number of nitrogens with zero attached hydrogens (tertiary/aromatic N) is 3. The Labute approximate surface area is 183 Å². The summed E-state index contributed by atoms with van der Waals surface area (Å²) in [5, 5.41) is 3.05. The van der Waals surface area contributed by atoms with E-state index in [2.05, 4.69) is 10.3 Å². The van der Waals surface area contributed by atoms with Crippen LogP contribution in [0, 0.1) is 0 Å². The molecule has 1 N–H and O–H groups in total. The highest BCUT2D eigenvalue weighted by atomic mass is 32.2. The number of fused-ring (bicyclic) bond motifs is 1. The van der Waals surface area contributed by atoms with Crippen molar-refractivity contribution in [3.8, 4) is 5.75 Å². The number of hydrogen-bond donors (Lipinski definition) is 1. The number of nitrogens with one attached hydrogen (secondary N) is 1. The van der Waals surface area contributed by atoms with Crippen LogP contribution in [0.2, 0.25) is 0 Å². The van der Waals surface area contributed by atoms with Crippen LogP contribution in [0.4, 0.5) is 15.6 Å². The molecule has 2 heterocycles. The number of carbonyl (C=O) groups excluding carboxylic acids is 2. The first-order valence-corrected chi connectivity index (χ1v) is 12.1. The molecule has 2 aromatic carbocycles. The van der Waals surface area contributed by atoms with Gasteiger partial charge >= 0.3 is 6.03 Å². The third-order valence-corrected chi connectivity index (χ3v) is 6.89. The minimum atomic E-state index is -3.33. The maximum Gasteiger partial charge on any atom is 0.325 e. The molecule has 11 heteroatoms. The average molecular weight is 461 g/mol. The van der Waals surface area contributed by atoms with Crippen LogP contribution in [0.25, 0.3) is 10.2 Å². The summed E-state index contributed by atoms with van der Waals surface area (Å²) in [7, 11) is -1.75. The first-order chi connectivity index (χ1) is 14.7. The van der Waals surface area contributed by atoms with Crippen LogP contribution in [0.1, 0.15) is 0 Å². The maximum atomic E-state index is 12.7. The molecule has 0 spiro atoms. The number of anilines is 2. The van der Waals surface area contributed by atoms with Crippen molar-refractivity contribution in [2.24, 2.45) is 0 Å². The van der Waals surface area contributed by atoms with Crippen molar-refractivity contribution in [1.82, 2.24) is 9.88 Å². The predicted molar refractivity (Wildman–Crippen MR) is 119 cm³/mol. The minimum Gasteiger partial charge on any atom is -0.497 e. The van der Waals surface area contributed by atoms with E-state index < -0.39 is 9.84 Å². The molecule has 1 saturated heterocycles. The van der Waals surface area contributed by atoms with Gasteiger partial charge in [0.15, 0.2) is 15.0 Å². The van der Waals surface area contributed by atoms with Gasteiger partial charge in [-0.3, -0.25) is 9.69 Å². The second-order valence-electron chi connectivity index (χ2n) is 7.02. The van der Waals surface area contributed by atoms with E-state index in [4.69, 9.17) is 4.74 Å². The van der Waals surface area contributed by atoms with Crippen molar-refractivity contribution in [2.45, 2.75) is 4.90 Å². The van der Waals surface area contributed by atoms with Gasteiger partial charge < -0.3 is 15.0 Å². The van der Waals surface area contributed by atoms with Gasteiger partial charge in [-0.05, 0) is 42.5 Å². The Morgan fingerprint density at radius 1 is 1.19 bits per heavy atom. The zero-order chi connectivity index (χ0) is 22.2. The van der Waals surface area contributed by atoms with Gasteiger partial charge in [0.2, 0.25) is 5.91 Å². The summed E-state index contributed by atoms with van der Waals surface area (Å²) in [5.74, 6) is 0.332. The van der Waals surface area contributed by atoms with Gasteiger partial charge in [0.05, 0.1) is 22.2 Å². The van der Waals surface area contributed by atoms with Gasteiger partial charge in [0.25, 0.3) is 0 Å². The Kier molecular flexibility index (Phi) is 5.54. The van der Waals surface area contributed by atoms with Crippen molar-refractivity contribution in [3.63, 3.8) is 0 Å². The number of sulfone groups is 1. The number of hydrogen-bond acceptors (Lipinski definition) is 7. The number of amides is 3. The van der Waals surface area contributed by atoms with Crippen LogP contribution >= 0.6 is 11.3 Å². The van der Waals surface area contributed by atoms with Crippen molar-refractivity contribution >= 4 is 54.1 Å². The zero-order valence-electron chi connectivity index (χ0n) is 16.9. The van der Waals surface area contributed by atoms with Gasteiger partial charge in [-0.2, -0.15) is 0 Å². The summed E-state index contributed by atoms with van der Waals surface area (Å²) in [5.41, 5.74) is 1.33. The smallest absolute Gasteiger partial charge is 0.325 e. The van der Waals surface area contributed by atoms with Crippen LogP contribution in [0.3, 0.4) is 0 Å². The molecule has 0 bridgehead atoms. The maximum absolute atomic E-state index is 12.7. The Morgan fingerprint density at radius 3 is 2.61 bits per heavy atom. The summed E-state index contributed by atoms with van der Waals surface area (Å²) >= 11 is 1.18. The molecule has 31 heavy (non-hydrogen) atoms. The Balaban J connectivity index is 1.41. The molecule has 3 aromatic rings. The first-order valence-electron chi connectivity index (χ1n) is 9.35. The van der Waals surface area contributed by atoms with Crippen LogP contribution < -0.4 is 15.0 Å². The molecule has 4 rings (SSSR count). The number of thiazole rings is 1. The van der Waals surface area contributed by atoms with E-state index in [1.165, 1.54) is 28.4 Å². The summed E-state index contributed by atoms with van der Waals surface area (Å²) in [6.45, 7) is 0.805. The number of methoxy groups -OCH3 is 1. The van der Waals surface area contributed by atoms with E-state index in [1.54, 1.807) is 42.3 Å². The fourth-order valence-electron chi connectivity index (χ4n) is 3.25. The molecule has 3 amide bonds. The second-order valence-corrected chi connectivity index (χ2v) is 10.1. The lowest BCUT2D eigenvalue weighted by molar-refractivity contribution is -0.116. The van der Waals surface area contributed by atoms with Crippen molar-refractivity contribution < 1.29 is 22.7 Å². The molecule has 0 atom stereocenters. The molecule has 0 unspecified atom stereocenters. The Hall–Kier alpha value is -3.18. The van der Waals surface area contributed by atoms with E-state index in [1.807, 2.05) is 0 Å². The highest BCUT2D eigenvalue weighted by Gasteiger charge is 2.31. The van der Waals surface area contributed by atoms with Gasteiger partial charge in [0, 0.05) is 25.0 Å². The van der Waals surface area contributed by atoms with E-state index in [9.17, 15) is 18.0 Å². The summed E-state index contributed by atoms with van der Waals surface area (Å²) in [6.07, 6.45) is 1.14. The Morgan fingerprint density at radius 2 is 1.94 bits per heavy atom. The topological polar surface area (TPSA) is 109 Å². The number of carbonyl (C=O) groups is 2. The third kappa shape index (κ3) is 4.47. The Bertz CT molecular complexity index is 1250.